The number of hydrogen-bond donors (Lipinski definition) is 1. The second-order valence-corrected chi connectivity index (χ2v) is 7.89. The summed E-state index contributed by atoms with van der Waals surface area (Å²) in [6.07, 6.45) is 0. The SMILES string of the molecule is CCS(=O)(=O)c1ccccc1NC(=O)c1ccc(F)cc1I. The van der Waals surface area contributed by atoms with Crippen molar-refractivity contribution in [2.24, 2.45) is 0 Å². The highest BCUT2D eigenvalue weighted by molar-refractivity contribution is 14.1. The van der Waals surface area contributed by atoms with Gasteiger partial charge in [-0.2, -0.15) is 0 Å². The Balaban J connectivity index is 2.37. The van der Waals surface area contributed by atoms with Crippen LogP contribution in [0.3, 0.4) is 0 Å². The van der Waals surface area contributed by atoms with E-state index >= 15 is 0 Å². The average molecular weight is 433 g/mol. The molecule has 0 heterocycles. The van der Waals surface area contributed by atoms with Crippen molar-refractivity contribution in [3.8, 4) is 0 Å². The van der Waals surface area contributed by atoms with Crippen molar-refractivity contribution in [2.75, 3.05) is 11.1 Å². The van der Waals surface area contributed by atoms with Crippen LogP contribution in [0.1, 0.15) is 17.3 Å². The molecule has 22 heavy (non-hydrogen) atoms. The summed E-state index contributed by atoms with van der Waals surface area (Å²) in [6, 6.07) is 10.00. The molecule has 0 fully saturated rings. The van der Waals surface area contributed by atoms with E-state index in [0.717, 1.165) is 0 Å². The maximum Gasteiger partial charge on any atom is 0.256 e. The Morgan fingerprint density at radius 2 is 1.91 bits per heavy atom. The van der Waals surface area contributed by atoms with Gasteiger partial charge in [0.15, 0.2) is 9.84 Å². The number of halogens is 2. The molecule has 7 heteroatoms. The molecule has 0 unspecified atom stereocenters. The van der Waals surface area contributed by atoms with E-state index in [0.29, 0.717) is 3.57 Å². The van der Waals surface area contributed by atoms with E-state index in [2.05, 4.69) is 5.32 Å². The summed E-state index contributed by atoms with van der Waals surface area (Å²) in [5, 5.41) is 2.58. The third-order valence-corrected chi connectivity index (χ3v) is 5.70. The molecule has 0 aromatic heterocycles. The molecule has 0 saturated carbocycles. The van der Waals surface area contributed by atoms with Crippen molar-refractivity contribution in [1.29, 1.82) is 0 Å². The lowest BCUT2D eigenvalue weighted by Crippen LogP contribution is -2.16. The number of benzene rings is 2. The van der Waals surface area contributed by atoms with Crippen LogP contribution in [0.25, 0.3) is 0 Å². The minimum atomic E-state index is -3.45. The number of anilines is 1. The fourth-order valence-corrected chi connectivity index (χ4v) is 3.63. The molecular weight excluding hydrogens is 420 g/mol. The maximum atomic E-state index is 13.1. The molecule has 2 rings (SSSR count). The van der Waals surface area contributed by atoms with E-state index < -0.39 is 21.6 Å². The first-order chi connectivity index (χ1) is 10.3. The number of para-hydroxylation sites is 1. The van der Waals surface area contributed by atoms with Gasteiger partial charge in [-0.15, -0.1) is 0 Å². The van der Waals surface area contributed by atoms with E-state index in [-0.39, 0.29) is 21.9 Å². The summed E-state index contributed by atoms with van der Waals surface area (Å²) >= 11 is 1.86. The molecule has 2 aromatic rings. The first-order valence-corrected chi connectivity index (χ1v) is 9.16. The van der Waals surface area contributed by atoms with Gasteiger partial charge in [-0.25, -0.2) is 12.8 Å². The molecular formula is C15H13FINO3S. The molecule has 0 aliphatic rings. The number of carbonyl (C=O) groups excluding carboxylic acids is 1. The number of carbonyl (C=O) groups is 1. The third-order valence-electron chi connectivity index (χ3n) is 3.03. The van der Waals surface area contributed by atoms with Gasteiger partial charge in [-0.05, 0) is 52.9 Å². The van der Waals surface area contributed by atoms with Crippen molar-refractivity contribution < 1.29 is 17.6 Å². The average Bonchev–Trinajstić information content (AvgIpc) is 2.47. The molecule has 1 amide bonds. The molecule has 0 atom stereocenters. The summed E-state index contributed by atoms with van der Waals surface area (Å²) in [7, 11) is -3.45. The van der Waals surface area contributed by atoms with Crippen LogP contribution in [0.15, 0.2) is 47.4 Å². The normalized spacial score (nSPS) is 11.2. The number of nitrogens with one attached hydrogen (secondary N) is 1. The van der Waals surface area contributed by atoms with Crippen molar-refractivity contribution in [1.82, 2.24) is 0 Å². The van der Waals surface area contributed by atoms with Gasteiger partial charge in [0.2, 0.25) is 0 Å². The molecule has 0 aliphatic carbocycles. The molecule has 0 spiro atoms. The maximum absolute atomic E-state index is 13.1. The van der Waals surface area contributed by atoms with Crippen molar-refractivity contribution >= 4 is 44.0 Å². The summed E-state index contributed by atoms with van der Waals surface area (Å²) in [5.74, 6) is -0.980. The zero-order valence-electron chi connectivity index (χ0n) is 11.6. The molecule has 0 bridgehead atoms. The molecule has 0 radical (unpaired) electrons. The van der Waals surface area contributed by atoms with E-state index in [9.17, 15) is 17.6 Å². The van der Waals surface area contributed by atoms with E-state index in [1.165, 1.54) is 37.3 Å². The van der Waals surface area contributed by atoms with Gasteiger partial charge < -0.3 is 5.32 Å². The van der Waals surface area contributed by atoms with Gasteiger partial charge >= 0.3 is 0 Å². The summed E-state index contributed by atoms with van der Waals surface area (Å²) in [5.41, 5.74) is 0.500. The second kappa shape index (κ2) is 6.74. The molecule has 2 aromatic carbocycles. The molecule has 0 saturated heterocycles. The topological polar surface area (TPSA) is 63.2 Å². The van der Waals surface area contributed by atoms with Crippen LogP contribution < -0.4 is 5.32 Å². The van der Waals surface area contributed by atoms with Crippen LogP contribution in [0, 0.1) is 9.39 Å². The van der Waals surface area contributed by atoms with Crippen LogP contribution in [0.4, 0.5) is 10.1 Å². The number of amides is 1. The number of sulfone groups is 1. The highest BCUT2D eigenvalue weighted by Gasteiger charge is 2.19. The van der Waals surface area contributed by atoms with Gasteiger partial charge in [-0.1, -0.05) is 19.1 Å². The number of hydrogen-bond acceptors (Lipinski definition) is 3. The zero-order chi connectivity index (χ0) is 16.3. The number of rotatable bonds is 4. The minimum Gasteiger partial charge on any atom is -0.321 e. The molecule has 116 valence electrons. The second-order valence-electron chi connectivity index (χ2n) is 4.48. The smallest absolute Gasteiger partial charge is 0.256 e. The van der Waals surface area contributed by atoms with Crippen LogP contribution >= 0.6 is 22.6 Å². The predicted octanol–water partition coefficient (Wildman–Crippen LogP) is 3.48. The predicted molar refractivity (Wildman–Crippen MR) is 91.2 cm³/mol. The lowest BCUT2D eigenvalue weighted by molar-refractivity contribution is 0.102. The fraction of sp³-hybridized carbons (Fsp3) is 0.133. The Hall–Kier alpha value is -1.48. The van der Waals surface area contributed by atoms with E-state index in [4.69, 9.17) is 0 Å². The Bertz CT molecular complexity index is 821. The van der Waals surface area contributed by atoms with Gasteiger partial charge in [0, 0.05) is 3.57 Å². The molecule has 4 nitrogen and oxygen atoms in total. The quantitative estimate of drug-likeness (QED) is 0.752. The summed E-state index contributed by atoms with van der Waals surface area (Å²) in [4.78, 5) is 12.4. The van der Waals surface area contributed by atoms with Crippen LogP contribution in [0.2, 0.25) is 0 Å². The summed E-state index contributed by atoms with van der Waals surface area (Å²) < 4.78 is 37.6. The van der Waals surface area contributed by atoms with Gasteiger partial charge in [-0.3, -0.25) is 4.79 Å². The zero-order valence-corrected chi connectivity index (χ0v) is 14.6. The van der Waals surface area contributed by atoms with Crippen molar-refractivity contribution in [3.63, 3.8) is 0 Å². The highest BCUT2D eigenvalue weighted by atomic mass is 127. The van der Waals surface area contributed by atoms with Crippen LogP contribution in [-0.4, -0.2) is 20.1 Å². The summed E-state index contributed by atoms with van der Waals surface area (Å²) in [6.45, 7) is 1.54. The first kappa shape index (κ1) is 16.9. The van der Waals surface area contributed by atoms with Crippen molar-refractivity contribution in [3.05, 3.63) is 57.4 Å². The third kappa shape index (κ3) is 3.64. The lowest BCUT2D eigenvalue weighted by Gasteiger charge is -2.11. The Morgan fingerprint density at radius 1 is 1.23 bits per heavy atom. The van der Waals surface area contributed by atoms with Crippen LogP contribution in [0.5, 0.6) is 0 Å². The van der Waals surface area contributed by atoms with Gasteiger partial charge in [0.25, 0.3) is 5.91 Å². The highest BCUT2D eigenvalue weighted by Crippen LogP contribution is 2.23. The van der Waals surface area contributed by atoms with E-state index in [1.807, 2.05) is 22.6 Å². The van der Waals surface area contributed by atoms with E-state index in [1.54, 1.807) is 12.1 Å². The lowest BCUT2D eigenvalue weighted by atomic mass is 10.2. The van der Waals surface area contributed by atoms with Crippen LogP contribution in [-0.2, 0) is 9.84 Å². The Kier molecular flexibility index (Phi) is 5.17. The van der Waals surface area contributed by atoms with Gasteiger partial charge in [0.05, 0.1) is 21.9 Å². The molecule has 0 aliphatic heterocycles. The first-order valence-electron chi connectivity index (χ1n) is 6.43. The Labute approximate surface area is 141 Å². The van der Waals surface area contributed by atoms with Crippen molar-refractivity contribution in [2.45, 2.75) is 11.8 Å². The largest absolute Gasteiger partial charge is 0.321 e. The standard InChI is InChI=1S/C15H13FINO3S/c1-2-22(20,21)14-6-4-3-5-13(14)18-15(19)11-8-7-10(16)9-12(11)17/h3-9H,2H2,1H3,(H,18,19). The Morgan fingerprint density at radius 3 is 2.55 bits per heavy atom. The fourth-order valence-electron chi connectivity index (χ4n) is 1.86. The minimum absolute atomic E-state index is 0.0615. The monoisotopic (exact) mass is 433 g/mol. The van der Waals surface area contributed by atoms with Gasteiger partial charge in [0.1, 0.15) is 5.82 Å². The molecule has 1 N–H and O–H groups in total.